The van der Waals surface area contributed by atoms with E-state index in [1.54, 1.807) is 0 Å². The number of rotatable bonds is 3. The van der Waals surface area contributed by atoms with Crippen molar-refractivity contribution in [1.29, 1.82) is 0 Å². The molecule has 13 heavy (non-hydrogen) atoms. The first-order valence-corrected chi connectivity index (χ1v) is 5.12. The Labute approximate surface area is 80.9 Å². The van der Waals surface area contributed by atoms with Gasteiger partial charge in [0, 0.05) is 5.54 Å². The molecule has 3 nitrogen and oxygen atoms in total. The van der Waals surface area contributed by atoms with Crippen molar-refractivity contribution in [2.75, 3.05) is 26.7 Å². The van der Waals surface area contributed by atoms with Crippen LogP contribution in [-0.2, 0) is 0 Å². The van der Waals surface area contributed by atoms with Crippen molar-refractivity contribution >= 4 is 0 Å². The highest BCUT2D eigenvalue weighted by Gasteiger charge is 2.25. The number of nitrogens with two attached hydrogens (primary N) is 1. The number of hydrogen-bond donors (Lipinski definition) is 2. The summed E-state index contributed by atoms with van der Waals surface area (Å²) >= 11 is 0. The van der Waals surface area contributed by atoms with Crippen LogP contribution in [0.5, 0.6) is 0 Å². The van der Waals surface area contributed by atoms with Crippen LogP contribution in [-0.4, -0.2) is 42.3 Å². The highest BCUT2D eigenvalue weighted by Crippen LogP contribution is 2.24. The van der Waals surface area contributed by atoms with Crippen LogP contribution >= 0.6 is 0 Å². The Morgan fingerprint density at radius 2 is 2.00 bits per heavy atom. The summed E-state index contributed by atoms with van der Waals surface area (Å²) in [7, 11) is 2.16. The number of piperidine rings is 1. The Morgan fingerprint density at radius 3 is 2.46 bits per heavy atom. The zero-order valence-electron chi connectivity index (χ0n) is 8.79. The summed E-state index contributed by atoms with van der Waals surface area (Å²) in [6, 6.07) is 0. The Morgan fingerprint density at radius 1 is 1.46 bits per heavy atom. The number of hydrogen-bond acceptors (Lipinski definition) is 3. The lowest BCUT2D eigenvalue weighted by atomic mass is 9.84. The van der Waals surface area contributed by atoms with Gasteiger partial charge in [0.15, 0.2) is 0 Å². The van der Waals surface area contributed by atoms with E-state index in [0.29, 0.717) is 5.92 Å². The molecule has 0 amide bonds. The topological polar surface area (TPSA) is 49.5 Å². The molecule has 1 saturated heterocycles. The molecule has 3 N–H and O–H groups in total. The summed E-state index contributed by atoms with van der Waals surface area (Å²) in [4.78, 5) is 2.35. The quantitative estimate of drug-likeness (QED) is 0.672. The third-order valence-electron chi connectivity index (χ3n) is 2.95. The van der Waals surface area contributed by atoms with E-state index in [-0.39, 0.29) is 12.1 Å². The SMILES string of the molecule is CN1CCC(CC(C)(N)CO)CC1. The van der Waals surface area contributed by atoms with E-state index in [0.717, 1.165) is 6.42 Å². The summed E-state index contributed by atoms with van der Waals surface area (Å²) in [6.45, 7) is 4.38. The molecule has 1 unspecified atom stereocenters. The second kappa shape index (κ2) is 4.40. The van der Waals surface area contributed by atoms with Crippen LogP contribution in [0.3, 0.4) is 0 Å². The van der Waals surface area contributed by atoms with Crippen molar-refractivity contribution in [2.24, 2.45) is 11.7 Å². The lowest BCUT2D eigenvalue weighted by Crippen LogP contribution is -2.44. The van der Waals surface area contributed by atoms with E-state index >= 15 is 0 Å². The Bertz CT molecular complexity index is 151. The normalized spacial score (nSPS) is 25.8. The van der Waals surface area contributed by atoms with E-state index in [1.165, 1.54) is 25.9 Å². The molecule has 0 spiro atoms. The Kier molecular flexibility index (Phi) is 3.71. The molecule has 1 heterocycles. The maximum atomic E-state index is 9.04. The minimum absolute atomic E-state index is 0.0966. The van der Waals surface area contributed by atoms with Gasteiger partial charge in [-0.05, 0) is 52.2 Å². The smallest absolute Gasteiger partial charge is 0.0608 e. The molecule has 1 atom stereocenters. The number of likely N-dealkylation sites (tertiary alicyclic amines) is 1. The second-order valence-electron chi connectivity index (χ2n) is 4.76. The highest BCUT2D eigenvalue weighted by molar-refractivity contribution is 4.83. The van der Waals surface area contributed by atoms with Crippen LogP contribution in [0, 0.1) is 5.92 Å². The van der Waals surface area contributed by atoms with Gasteiger partial charge in [0.1, 0.15) is 0 Å². The van der Waals surface area contributed by atoms with Gasteiger partial charge in [0.05, 0.1) is 6.61 Å². The maximum Gasteiger partial charge on any atom is 0.0608 e. The molecular formula is C10H22N2O. The van der Waals surface area contributed by atoms with Gasteiger partial charge in [0.2, 0.25) is 0 Å². The standard InChI is InChI=1S/C10H22N2O/c1-10(11,8-13)7-9-3-5-12(2)6-4-9/h9,13H,3-8,11H2,1-2H3. The number of aliphatic hydroxyl groups is 1. The Hall–Kier alpha value is -0.120. The van der Waals surface area contributed by atoms with Crippen LogP contribution < -0.4 is 5.73 Å². The zero-order valence-corrected chi connectivity index (χ0v) is 8.79. The predicted molar refractivity (Wildman–Crippen MR) is 54.5 cm³/mol. The average Bonchev–Trinajstić information content (AvgIpc) is 2.09. The van der Waals surface area contributed by atoms with Gasteiger partial charge in [-0.3, -0.25) is 0 Å². The first-order valence-electron chi connectivity index (χ1n) is 5.12. The van der Waals surface area contributed by atoms with Crippen molar-refractivity contribution in [2.45, 2.75) is 31.7 Å². The fourth-order valence-electron chi connectivity index (χ4n) is 1.99. The second-order valence-corrected chi connectivity index (χ2v) is 4.76. The molecule has 0 aromatic carbocycles. The minimum Gasteiger partial charge on any atom is -0.394 e. The van der Waals surface area contributed by atoms with Gasteiger partial charge in [0.25, 0.3) is 0 Å². The van der Waals surface area contributed by atoms with Gasteiger partial charge >= 0.3 is 0 Å². The van der Waals surface area contributed by atoms with Gasteiger partial charge < -0.3 is 15.7 Å². The van der Waals surface area contributed by atoms with Crippen molar-refractivity contribution in [1.82, 2.24) is 4.90 Å². The fraction of sp³-hybridized carbons (Fsp3) is 1.00. The van der Waals surface area contributed by atoms with Gasteiger partial charge in [-0.2, -0.15) is 0 Å². The molecule has 1 fully saturated rings. The van der Waals surface area contributed by atoms with Gasteiger partial charge in [-0.25, -0.2) is 0 Å². The predicted octanol–water partition coefficient (Wildman–Crippen LogP) is 0.428. The van der Waals surface area contributed by atoms with E-state index in [9.17, 15) is 0 Å². The summed E-state index contributed by atoms with van der Waals surface area (Å²) in [5, 5.41) is 9.04. The van der Waals surface area contributed by atoms with E-state index < -0.39 is 0 Å². The molecule has 78 valence electrons. The van der Waals surface area contributed by atoms with E-state index in [1.807, 2.05) is 6.92 Å². The number of aliphatic hydroxyl groups excluding tert-OH is 1. The van der Waals surface area contributed by atoms with Crippen LogP contribution in [0.4, 0.5) is 0 Å². The Balaban J connectivity index is 2.30. The molecular weight excluding hydrogens is 164 g/mol. The lowest BCUT2D eigenvalue weighted by Gasteiger charge is -2.33. The summed E-state index contributed by atoms with van der Waals surface area (Å²) in [5.74, 6) is 0.707. The fourth-order valence-corrected chi connectivity index (χ4v) is 1.99. The first kappa shape index (κ1) is 11.0. The summed E-state index contributed by atoms with van der Waals surface area (Å²) in [5.41, 5.74) is 5.54. The van der Waals surface area contributed by atoms with Crippen LogP contribution in [0.25, 0.3) is 0 Å². The van der Waals surface area contributed by atoms with Crippen molar-refractivity contribution in [3.05, 3.63) is 0 Å². The van der Waals surface area contributed by atoms with Crippen molar-refractivity contribution in [3.8, 4) is 0 Å². The third kappa shape index (κ3) is 3.63. The molecule has 0 aliphatic carbocycles. The zero-order chi connectivity index (χ0) is 9.90. The summed E-state index contributed by atoms with van der Waals surface area (Å²) < 4.78 is 0. The highest BCUT2D eigenvalue weighted by atomic mass is 16.3. The minimum atomic E-state index is -0.374. The monoisotopic (exact) mass is 186 g/mol. The molecule has 0 saturated carbocycles. The molecule has 0 bridgehead atoms. The number of nitrogens with zero attached hydrogens (tertiary/aromatic N) is 1. The lowest BCUT2D eigenvalue weighted by molar-refractivity contribution is 0.146. The van der Waals surface area contributed by atoms with E-state index in [2.05, 4.69) is 11.9 Å². The van der Waals surface area contributed by atoms with Crippen molar-refractivity contribution in [3.63, 3.8) is 0 Å². The van der Waals surface area contributed by atoms with Crippen LogP contribution in [0.1, 0.15) is 26.2 Å². The molecule has 1 aliphatic rings. The maximum absolute atomic E-state index is 9.04. The van der Waals surface area contributed by atoms with E-state index in [4.69, 9.17) is 10.8 Å². The molecule has 0 radical (unpaired) electrons. The first-order chi connectivity index (χ1) is 6.03. The average molecular weight is 186 g/mol. The van der Waals surface area contributed by atoms with Gasteiger partial charge in [-0.1, -0.05) is 0 Å². The van der Waals surface area contributed by atoms with Crippen LogP contribution in [0.15, 0.2) is 0 Å². The van der Waals surface area contributed by atoms with Crippen molar-refractivity contribution < 1.29 is 5.11 Å². The third-order valence-corrected chi connectivity index (χ3v) is 2.95. The largest absolute Gasteiger partial charge is 0.394 e. The van der Waals surface area contributed by atoms with Crippen LogP contribution in [0.2, 0.25) is 0 Å². The molecule has 1 aliphatic heterocycles. The van der Waals surface area contributed by atoms with Gasteiger partial charge in [-0.15, -0.1) is 0 Å². The summed E-state index contributed by atoms with van der Waals surface area (Å²) in [6.07, 6.45) is 3.41. The molecule has 0 aromatic heterocycles. The molecule has 3 heteroatoms. The molecule has 0 aromatic rings. The molecule has 1 rings (SSSR count).